The Kier molecular flexibility index (Phi) is 2.68. The Balaban J connectivity index is 2.65. The second-order valence-electron chi connectivity index (χ2n) is 3.15. The van der Waals surface area contributed by atoms with Crippen LogP contribution in [0.25, 0.3) is 10.9 Å². The van der Waals surface area contributed by atoms with Crippen molar-refractivity contribution in [2.45, 2.75) is 6.42 Å². The van der Waals surface area contributed by atoms with Gasteiger partial charge in [-0.1, -0.05) is 34.1 Å². The van der Waals surface area contributed by atoms with Crippen LogP contribution in [0.1, 0.15) is 5.56 Å². The summed E-state index contributed by atoms with van der Waals surface area (Å²) in [4.78, 5) is 14.4. The summed E-state index contributed by atoms with van der Waals surface area (Å²) < 4.78 is 0. The van der Waals surface area contributed by atoms with E-state index < -0.39 is 0 Å². The predicted octanol–water partition coefficient (Wildman–Crippen LogP) is 2.47. The lowest BCUT2D eigenvalue weighted by atomic mass is 10.1. The molecule has 3 heteroatoms. The summed E-state index contributed by atoms with van der Waals surface area (Å²) >= 11 is 3.33. The van der Waals surface area contributed by atoms with Crippen LogP contribution >= 0.6 is 15.9 Å². The zero-order valence-corrected chi connectivity index (χ0v) is 9.17. The minimum atomic E-state index is 0.0168. The summed E-state index contributed by atoms with van der Waals surface area (Å²) in [5, 5.41) is 1.90. The molecule has 0 spiro atoms. The van der Waals surface area contributed by atoms with Crippen LogP contribution in [-0.2, 0) is 6.42 Å². The number of fused-ring (bicyclic) bond motifs is 1. The van der Waals surface area contributed by atoms with Gasteiger partial charge in [-0.3, -0.25) is 4.79 Å². The number of aromatic nitrogens is 1. The lowest BCUT2D eigenvalue weighted by Gasteiger charge is -2.00. The largest absolute Gasteiger partial charge is 0.322 e. The Morgan fingerprint density at radius 1 is 1.29 bits per heavy atom. The number of rotatable bonds is 2. The first-order valence-corrected chi connectivity index (χ1v) is 5.60. The summed E-state index contributed by atoms with van der Waals surface area (Å²) in [5.74, 6) is 0. The Bertz CT molecular complexity index is 504. The number of hydrogen-bond acceptors (Lipinski definition) is 1. The smallest absolute Gasteiger partial charge is 0.251 e. The molecule has 2 rings (SSSR count). The van der Waals surface area contributed by atoms with Gasteiger partial charge in [0, 0.05) is 16.4 Å². The van der Waals surface area contributed by atoms with E-state index in [0.29, 0.717) is 0 Å². The number of nitrogens with one attached hydrogen (secondary N) is 1. The molecule has 1 heterocycles. The summed E-state index contributed by atoms with van der Waals surface area (Å²) in [5.41, 5.74) is 1.75. The molecular formula is C11H10BrNO. The Morgan fingerprint density at radius 3 is 2.86 bits per heavy atom. The van der Waals surface area contributed by atoms with Crippen molar-refractivity contribution in [1.82, 2.24) is 4.98 Å². The van der Waals surface area contributed by atoms with Crippen LogP contribution < -0.4 is 5.56 Å². The van der Waals surface area contributed by atoms with Gasteiger partial charge in [-0.05, 0) is 23.9 Å². The zero-order valence-electron chi connectivity index (χ0n) is 7.59. The first-order chi connectivity index (χ1) is 6.81. The van der Waals surface area contributed by atoms with Crippen molar-refractivity contribution in [1.29, 1.82) is 0 Å². The highest BCUT2D eigenvalue weighted by Crippen LogP contribution is 2.10. The van der Waals surface area contributed by atoms with E-state index in [2.05, 4.69) is 20.9 Å². The molecule has 72 valence electrons. The topological polar surface area (TPSA) is 32.9 Å². The number of hydrogen-bond donors (Lipinski definition) is 1. The van der Waals surface area contributed by atoms with Crippen molar-refractivity contribution >= 4 is 26.8 Å². The highest BCUT2D eigenvalue weighted by Gasteiger charge is 2.00. The number of alkyl halides is 1. The molecule has 0 unspecified atom stereocenters. The van der Waals surface area contributed by atoms with Crippen LogP contribution in [0.4, 0.5) is 0 Å². The van der Waals surface area contributed by atoms with Gasteiger partial charge in [-0.2, -0.15) is 0 Å². The van der Waals surface area contributed by atoms with Crippen LogP contribution in [0.15, 0.2) is 35.1 Å². The molecule has 0 bridgehead atoms. The lowest BCUT2D eigenvalue weighted by Crippen LogP contribution is -2.12. The maximum absolute atomic E-state index is 11.5. The van der Waals surface area contributed by atoms with Gasteiger partial charge in [0.05, 0.1) is 0 Å². The number of aryl methyl sites for hydroxylation is 1. The van der Waals surface area contributed by atoms with Gasteiger partial charge in [0.1, 0.15) is 0 Å². The molecule has 0 aliphatic rings. The van der Waals surface area contributed by atoms with Gasteiger partial charge in [-0.25, -0.2) is 0 Å². The first-order valence-electron chi connectivity index (χ1n) is 4.48. The van der Waals surface area contributed by atoms with Crippen LogP contribution in [-0.4, -0.2) is 10.3 Å². The minimum Gasteiger partial charge on any atom is -0.322 e. The molecule has 0 fully saturated rings. The molecule has 14 heavy (non-hydrogen) atoms. The van der Waals surface area contributed by atoms with Gasteiger partial charge < -0.3 is 4.98 Å². The molecule has 0 aliphatic carbocycles. The van der Waals surface area contributed by atoms with Crippen molar-refractivity contribution in [2.24, 2.45) is 0 Å². The van der Waals surface area contributed by atoms with E-state index in [1.165, 1.54) is 0 Å². The number of benzene rings is 1. The predicted molar refractivity (Wildman–Crippen MR) is 62.1 cm³/mol. The Morgan fingerprint density at radius 2 is 2.07 bits per heavy atom. The van der Waals surface area contributed by atoms with E-state index in [0.717, 1.165) is 28.2 Å². The average Bonchev–Trinajstić information content (AvgIpc) is 2.19. The van der Waals surface area contributed by atoms with Gasteiger partial charge >= 0.3 is 0 Å². The van der Waals surface area contributed by atoms with Crippen molar-refractivity contribution in [3.63, 3.8) is 0 Å². The van der Waals surface area contributed by atoms with E-state index in [9.17, 15) is 4.79 Å². The monoisotopic (exact) mass is 251 g/mol. The van der Waals surface area contributed by atoms with Gasteiger partial charge in [0.2, 0.25) is 0 Å². The van der Waals surface area contributed by atoms with Crippen molar-refractivity contribution in [3.8, 4) is 0 Å². The molecule has 0 atom stereocenters. The number of aromatic amines is 1. The molecule has 0 radical (unpaired) electrons. The second-order valence-corrected chi connectivity index (χ2v) is 3.94. The van der Waals surface area contributed by atoms with E-state index >= 15 is 0 Å². The highest BCUT2D eigenvalue weighted by atomic mass is 79.9. The molecule has 2 aromatic rings. The quantitative estimate of drug-likeness (QED) is 0.818. The normalized spacial score (nSPS) is 10.6. The van der Waals surface area contributed by atoms with E-state index in [4.69, 9.17) is 0 Å². The van der Waals surface area contributed by atoms with Gasteiger partial charge in [0.15, 0.2) is 0 Å². The third-order valence-electron chi connectivity index (χ3n) is 2.19. The van der Waals surface area contributed by atoms with Crippen LogP contribution in [0.5, 0.6) is 0 Å². The molecule has 2 nitrogen and oxygen atoms in total. The average molecular weight is 252 g/mol. The van der Waals surface area contributed by atoms with E-state index in [1.807, 2.05) is 30.3 Å². The Labute approximate surface area is 90.1 Å². The van der Waals surface area contributed by atoms with Gasteiger partial charge in [-0.15, -0.1) is 0 Å². The maximum Gasteiger partial charge on any atom is 0.251 e. The molecule has 0 amide bonds. The van der Waals surface area contributed by atoms with Gasteiger partial charge in [0.25, 0.3) is 5.56 Å². The lowest BCUT2D eigenvalue weighted by molar-refractivity contribution is 1.10. The zero-order chi connectivity index (χ0) is 9.97. The fraction of sp³-hybridized carbons (Fsp3) is 0.182. The Hall–Kier alpha value is -1.09. The molecule has 0 saturated heterocycles. The van der Waals surface area contributed by atoms with E-state index in [1.54, 1.807) is 0 Å². The third-order valence-corrected chi connectivity index (χ3v) is 2.59. The van der Waals surface area contributed by atoms with E-state index in [-0.39, 0.29) is 5.56 Å². The fourth-order valence-corrected chi connectivity index (χ4v) is 1.91. The molecule has 0 aliphatic heterocycles. The molecule has 0 saturated carbocycles. The minimum absolute atomic E-state index is 0.0168. The van der Waals surface area contributed by atoms with Crippen LogP contribution in [0, 0.1) is 0 Å². The summed E-state index contributed by atoms with van der Waals surface area (Å²) in [6.07, 6.45) is 0.764. The summed E-state index contributed by atoms with van der Waals surface area (Å²) in [6.45, 7) is 0. The summed E-state index contributed by atoms with van der Waals surface area (Å²) in [6, 6.07) is 9.76. The summed E-state index contributed by atoms with van der Waals surface area (Å²) in [7, 11) is 0. The third kappa shape index (κ3) is 1.73. The van der Waals surface area contributed by atoms with Crippen LogP contribution in [0.3, 0.4) is 0 Å². The van der Waals surface area contributed by atoms with Crippen molar-refractivity contribution in [3.05, 3.63) is 46.2 Å². The SMILES string of the molecule is O=c1[nH]c2ccccc2cc1CCBr. The molecule has 1 aromatic carbocycles. The standard InChI is InChI=1S/C11H10BrNO/c12-6-5-9-7-8-3-1-2-4-10(8)13-11(9)14/h1-4,7H,5-6H2,(H,13,14). The second kappa shape index (κ2) is 3.96. The number of H-pyrrole nitrogens is 1. The van der Waals surface area contributed by atoms with Crippen LogP contribution in [0.2, 0.25) is 0 Å². The maximum atomic E-state index is 11.5. The molecule has 1 aromatic heterocycles. The molecule has 1 N–H and O–H groups in total. The number of halogens is 1. The fourth-order valence-electron chi connectivity index (χ4n) is 1.48. The number of para-hydroxylation sites is 1. The number of pyridine rings is 1. The highest BCUT2D eigenvalue weighted by molar-refractivity contribution is 9.09. The van der Waals surface area contributed by atoms with Crippen molar-refractivity contribution < 1.29 is 0 Å². The first kappa shape index (κ1) is 9.46. The van der Waals surface area contributed by atoms with Crippen molar-refractivity contribution in [2.75, 3.05) is 5.33 Å². The molecular weight excluding hydrogens is 242 g/mol.